The van der Waals surface area contributed by atoms with Crippen LogP contribution in [0.15, 0.2) is 48.5 Å². The molecule has 0 aliphatic heterocycles. The Labute approximate surface area is 139 Å². The Bertz CT molecular complexity index is 481. The van der Waals surface area contributed by atoms with Gasteiger partial charge in [-0.05, 0) is 0 Å². The van der Waals surface area contributed by atoms with E-state index in [0.29, 0.717) is 11.5 Å². The molecule has 91 valence electrons. The third kappa shape index (κ3) is 8.02. The largest absolute Gasteiger partial charge is 0.415 e. The third-order valence-electron chi connectivity index (χ3n) is 1.70. The van der Waals surface area contributed by atoms with Crippen LogP contribution >= 0.6 is 0 Å². The summed E-state index contributed by atoms with van der Waals surface area (Å²) in [4.78, 5) is 0. The maximum Gasteiger partial charge on any atom is 0.290 e. The Hall–Kier alpha value is -1.79. The van der Waals surface area contributed by atoms with Crippen LogP contribution in [-0.2, 0) is 0 Å². The molecule has 2 aromatic rings. The first-order valence-electron chi connectivity index (χ1n) is 4.91. The molecule has 2 aromatic carbocycles. The summed E-state index contributed by atoms with van der Waals surface area (Å²) < 4.78 is 8.98. The van der Waals surface area contributed by atoms with Crippen molar-refractivity contribution in [1.82, 2.24) is 0 Å². The fraction of sp³-hybridized carbons (Fsp3) is 0. The van der Waals surface area contributed by atoms with E-state index in [-0.39, 0.29) is 35.6 Å². The van der Waals surface area contributed by atoms with Crippen LogP contribution in [0.3, 0.4) is 0 Å². The minimum absolute atomic E-state index is 0. The van der Waals surface area contributed by atoms with Gasteiger partial charge in [0, 0.05) is 47.1 Å². The van der Waals surface area contributed by atoms with Gasteiger partial charge in [-0.25, -0.2) is 0 Å². The van der Waals surface area contributed by atoms with Crippen molar-refractivity contribution in [1.29, 1.82) is 10.5 Å². The van der Waals surface area contributed by atoms with Crippen LogP contribution in [0.25, 0.3) is 0 Å². The fourth-order valence-corrected chi connectivity index (χ4v) is 0.985. The summed E-state index contributed by atoms with van der Waals surface area (Å²) in [6.07, 6.45) is 3.14. The second-order valence-corrected chi connectivity index (χ2v) is 2.86. The second-order valence-electron chi connectivity index (χ2n) is 2.86. The maximum atomic E-state index is 8.04. The van der Waals surface area contributed by atoms with Gasteiger partial charge in [-0.15, -0.1) is 34.8 Å². The van der Waals surface area contributed by atoms with E-state index in [1.165, 1.54) is 0 Å². The zero-order valence-corrected chi connectivity index (χ0v) is 13.5. The average Bonchev–Trinajstić information content (AvgIpc) is 2.43. The van der Waals surface area contributed by atoms with Crippen LogP contribution in [0.4, 0.5) is 0 Å². The number of hydrogen-bond donors (Lipinski definition) is 0. The molecule has 0 saturated carbocycles. The van der Waals surface area contributed by atoms with Gasteiger partial charge in [0.1, 0.15) is 0 Å². The molecule has 0 heterocycles. The van der Waals surface area contributed by atoms with Gasteiger partial charge in [0.05, 0.1) is 0 Å². The van der Waals surface area contributed by atoms with Gasteiger partial charge in [0.25, 0.3) is 12.5 Å². The normalized spacial score (nSPS) is 7.47. The minimum Gasteiger partial charge on any atom is -0.415 e. The smallest absolute Gasteiger partial charge is 0.290 e. The minimum atomic E-state index is 0. The molecule has 0 aromatic heterocycles. The maximum absolute atomic E-state index is 8.04. The molecule has 0 atom stereocenters. The molecule has 5 heteroatoms. The van der Waals surface area contributed by atoms with Crippen LogP contribution in [0.5, 0.6) is 11.5 Å². The molecule has 0 saturated heterocycles. The number of ether oxygens (including phenoxy) is 2. The quantitative estimate of drug-likeness (QED) is 0.598. The van der Waals surface area contributed by atoms with Gasteiger partial charge in [-0.3, -0.25) is 0 Å². The van der Waals surface area contributed by atoms with E-state index in [0.717, 1.165) is 0 Å². The topological polar surface area (TPSA) is 66.0 Å². The predicted octanol–water partition coefficient (Wildman–Crippen LogP) is 2.69. The van der Waals surface area contributed by atoms with E-state index >= 15 is 0 Å². The zero-order valence-electron chi connectivity index (χ0n) is 9.91. The first kappa shape index (κ1) is 17.2. The molecular weight excluding hydrogens is 367 g/mol. The molecule has 1 radical (unpaired) electrons. The van der Waals surface area contributed by atoms with E-state index in [4.69, 9.17) is 10.5 Å². The molecule has 0 aliphatic carbocycles. The molecule has 0 unspecified atom stereocenters. The summed E-state index contributed by atoms with van der Waals surface area (Å²) in [6.45, 7) is 0. The van der Waals surface area contributed by atoms with Gasteiger partial charge in [0.2, 0.25) is 0 Å². The molecule has 0 N–H and O–H groups in total. The van der Waals surface area contributed by atoms with E-state index < -0.39 is 0 Å². The standard InChI is InChI=1S/2C7H4NO.La/c2*8-6-9-7-4-2-1-3-5-7;/h2*2-5H;/q2*-1;. The number of benzene rings is 2. The Morgan fingerprint density at radius 3 is 1.32 bits per heavy atom. The molecule has 0 aliphatic rings. The van der Waals surface area contributed by atoms with Crippen LogP contribution in [-0.4, -0.2) is 0 Å². The number of hydrogen-bond acceptors (Lipinski definition) is 4. The molecule has 0 bridgehead atoms. The first-order valence-corrected chi connectivity index (χ1v) is 4.91. The van der Waals surface area contributed by atoms with Crippen LogP contribution in [0.2, 0.25) is 0 Å². The van der Waals surface area contributed by atoms with Crippen molar-refractivity contribution in [3.63, 3.8) is 0 Å². The third-order valence-corrected chi connectivity index (χ3v) is 1.70. The molecule has 0 fully saturated rings. The molecule has 19 heavy (non-hydrogen) atoms. The van der Waals surface area contributed by atoms with Gasteiger partial charge < -0.3 is 9.47 Å². The molecule has 0 amide bonds. The van der Waals surface area contributed by atoms with E-state index in [9.17, 15) is 0 Å². The summed E-state index contributed by atoms with van der Waals surface area (Å²) in [5.74, 6) is 1.10. The van der Waals surface area contributed by atoms with Gasteiger partial charge in [-0.1, -0.05) is 0 Å². The van der Waals surface area contributed by atoms with Crippen molar-refractivity contribution in [2.24, 2.45) is 0 Å². The predicted molar refractivity (Wildman–Crippen MR) is 63.0 cm³/mol. The zero-order chi connectivity index (χ0) is 13.1. The van der Waals surface area contributed by atoms with Crippen molar-refractivity contribution >= 4 is 0 Å². The summed E-state index contributed by atoms with van der Waals surface area (Å²) in [5.41, 5.74) is 0. The van der Waals surface area contributed by atoms with Crippen molar-refractivity contribution in [3.05, 3.63) is 60.7 Å². The Balaban J connectivity index is 0.000000324. The number of nitriles is 2. The van der Waals surface area contributed by atoms with Crippen LogP contribution in [0, 0.1) is 70.8 Å². The molecule has 2 rings (SSSR count). The molecule has 0 spiro atoms. The summed E-state index contributed by atoms with van der Waals surface area (Å²) in [5, 5.41) is 16.1. The van der Waals surface area contributed by atoms with Crippen molar-refractivity contribution in [2.75, 3.05) is 0 Å². The van der Waals surface area contributed by atoms with E-state index in [1.807, 2.05) is 0 Å². The Morgan fingerprint density at radius 2 is 1.05 bits per heavy atom. The Kier molecular flexibility index (Phi) is 10.3. The number of nitrogens with zero attached hydrogens (tertiary/aromatic N) is 2. The van der Waals surface area contributed by atoms with Crippen molar-refractivity contribution in [3.8, 4) is 24.0 Å². The van der Waals surface area contributed by atoms with E-state index in [1.54, 1.807) is 61.0 Å². The fourth-order valence-electron chi connectivity index (χ4n) is 0.985. The molecule has 4 nitrogen and oxygen atoms in total. The second kappa shape index (κ2) is 11.3. The summed E-state index contributed by atoms with van der Waals surface area (Å²) in [6, 6.07) is 19.0. The molecular formula is C14H8LaN2O2-2. The van der Waals surface area contributed by atoms with Gasteiger partial charge in [0.15, 0.2) is 0 Å². The van der Waals surface area contributed by atoms with Gasteiger partial charge >= 0.3 is 0 Å². The van der Waals surface area contributed by atoms with E-state index in [2.05, 4.69) is 21.6 Å². The summed E-state index contributed by atoms with van der Waals surface area (Å²) in [7, 11) is 0. The van der Waals surface area contributed by atoms with Crippen molar-refractivity contribution in [2.45, 2.75) is 0 Å². The van der Waals surface area contributed by atoms with Crippen LogP contribution < -0.4 is 9.47 Å². The first-order chi connectivity index (χ1) is 8.86. The monoisotopic (exact) mass is 375 g/mol. The van der Waals surface area contributed by atoms with Crippen LogP contribution in [0.1, 0.15) is 0 Å². The number of rotatable bonds is 2. The summed E-state index contributed by atoms with van der Waals surface area (Å²) >= 11 is 0. The average molecular weight is 375 g/mol. The SMILES string of the molecule is N#COc1cc[c-]cc1.N#COc1cc[c-]cc1.[La]. The Morgan fingerprint density at radius 1 is 0.737 bits per heavy atom. The van der Waals surface area contributed by atoms with Crippen molar-refractivity contribution < 1.29 is 45.1 Å². The van der Waals surface area contributed by atoms with Gasteiger partial charge in [-0.2, -0.15) is 36.4 Å².